The second-order valence-electron chi connectivity index (χ2n) is 9.85. The summed E-state index contributed by atoms with van der Waals surface area (Å²) in [4.78, 5) is 19.2. The maximum atomic E-state index is 12.1. The molecular weight excluding hydrogens is 394 g/mol. The fraction of sp³-hybridized carbons (Fsp3) is 0.929. The van der Waals surface area contributed by atoms with Crippen LogP contribution in [-0.4, -0.2) is 42.8 Å². The second-order valence-corrected chi connectivity index (χ2v) is 9.85. The van der Waals surface area contributed by atoms with Crippen molar-refractivity contribution >= 4 is 12.1 Å². The van der Waals surface area contributed by atoms with Gasteiger partial charge in [0, 0.05) is 32.3 Å². The van der Waals surface area contributed by atoms with Crippen molar-refractivity contribution in [3.05, 3.63) is 0 Å². The van der Waals surface area contributed by atoms with E-state index in [0.29, 0.717) is 12.6 Å². The van der Waals surface area contributed by atoms with Gasteiger partial charge < -0.3 is 5.32 Å². The summed E-state index contributed by atoms with van der Waals surface area (Å²) in [7, 11) is 0. The molecular formula is C28H55N3O. The highest BCUT2D eigenvalue weighted by Crippen LogP contribution is 2.16. The lowest BCUT2D eigenvalue weighted by molar-refractivity contribution is -0.121. The molecule has 0 bridgehead atoms. The minimum Gasteiger partial charge on any atom is -0.355 e. The lowest BCUT2D eigenvalue weighted by Gasteiger charge is -2.23. The summed E-state index contributed by atoms with van der Waals surface area (Å²) in [6.45, 7) is 7.16. The number of carbonyl (C=O) groups is 1. The number of hydrogen-bond acceptors (Lipinski definition) is 3. The monoisotopic (exact) mass is 449 g/mol. The van der Waals surface area contributed by atoms with E-state index in [0.717, 1.165) is 26.1 Å². The number of rotatable bonds is 23. The molecule has 1 rings (SSSR count). The summed E-state index contributed by atoms with van der Waals surface area (Å²) in [5.41, 5.74) is 0. The zero-order valence-corrected chi connectivity index (χ0v) is 21.7. The number of carbonyl (C=O) groups excluding carboxylic acids is 1. The second kappa shape index (κ2) is 21.9. The smallest absolute Gasteiger partial charge is 0.220 e. The van der Waals surface area contributed by atoms with Crippen LogP contribution in [0.2, 0.25) is 0 Å². The molecule has 0 aromatic carbocycles. The molecule has 1 unspecified atom stereocenters. The van der Waals surface area contributed by atoms with Crippen LogP contribution in [0.3, 0.4) is 0 Å². The molecule has 0 saturated heterocycles. The summed E-state index contributed by atoms with van der Waals surface area (Å²) < 4.78 is 0. The van der Waals surface area contributed by atoms with Crippen molar-refractivity contribution in [2.75, 3.05) is 19.6 Å². The predicted octanol–water partition coefficient (Wildman–Crippen LogP) is 7.66. The van der Waals surface area contributed by atoms with Crippen LogP contribution in [0.1, 0.15) is 142 Å². The van der Waals surface area contributed by atoms with Gasteiger partial charge in [0.05, 0.1) is 0 Å². The van der Waals surface area contributed by atoms with Crippen molar-refractivity contribution in [2.45, 2.75) is 148 Å². The first-order valence-corrected chi connectivity index (χ1v) is 14.3. The molecule has 0 aromatic heterocycles. The first kappa shape index (κ1) is 29.1. The van der Waals surface area contributed by atoms with E-state index in [1.165, 1.54) is 116 Å². The van der Waals surface area contributed by atoms with Crippen LogP contribution >= 0.6 is 0 Å². The van der Waals surface area contributed by atoms with E-state index >= 15 is 0 Å². The Hall–Kier alpha value is -0.900. The van der Waals surface area contributed by atoms with Crippen molar-refractivity contribution < 1.29 is 4.79 Å². The zero-order valence-electron chi connectivity index (χ0n) is 21.7. The van der Waals surface area contributed by atoms with Crippen molar-refractivity contribution in [1.82, 2.24) is 10.2 Å². The lowest BCUT2D eigenvalue weighted by Crippen LogP contribution is -2.38. The Morgan fingerprint density at radius 2 is 1.28 bits per heavy atom. The normalized spacial score (nSPS) is 16.1. The van der Waals surface area contributed by atoms with E-state index in [1.807, 2.05) is 0 Å². The van der Waals surface area contributed by atoms with Crippen molar-refractivity contribution in [2.24, 2.45) is 4.99 Å². The number of unbranched alkanes of at least 4 members (excludes halogenated alkanes) is 16. The van der Waals surface area contributed by atoms with Crippen LogP contribution < -0.4 is 5.32 Å². The first-order valence-electron chi connectivity index (χ1n) is 14.3. The largest absolute Gasteiger partial charge is 0.355 e. The van der Waals surface area contributed by atoms with Gasteiger partial charge in [-0.1, -0.05) is 117 Å². The van der Waals surface area contributed by atoms with Gasteiger partial charge in [0.2, 0.25) is 5.91 Å². The molecule has 4 nitrogen and oxygen atoms in total. The van der Waals surface area contributed by atoms with Crippen LogP contribution in [0.15, 0.2) is 4.99 Å². The highest BCUT2D eigenvalue weighted by Gasteiger charge is 2.20. The fourth-order valence-corrected chi connectivity index (χ4v) is 4.65. The van der Waals surface area contributed by atoms with Crippen LogP contribution in [0.5, 0.6) is 0 Å². The Balaban J connectivity index is 1.93. The Labute approximate surface area is 200 Å². The third-order valence-corrected chi connectivity index (χ3v) is 6.81. The Bertz CT molecular complexity index is 452. The molecule has 0 saturated carbocycles. The minimum absolute atomic E-state index is 0.226. The summed E-state index contributed by atoms with van der Waals surface area (Å²) >= 11 is 0. The van der Waals surface area contributed by atoms with E-state index in [2.05, 4.69) is 35.3 Å². The van der Waals surface area contributed by atoms with E-state index in [9.17, 15) is 4.79 Å². The summed E-state index contributed by atoms with van der Waals surface area (Å²) in [6, 6.07) is 0. The summed E-state index contributed by atoms with van der Waals surface area (Å²) in [5, 5.41) is 3.12. The van der Waals surface area contributed by atoms with E-state index < -0.39 is 0 Å². The molecule has 4 heteroatoms. The molecule has 1 aliphatic rings. The van der Waals surface area contributed by atoms with E-state index in [-0.39, 0.29) is 5.91 Å². The third-order valence-electron chi connectivity index (χ3n) is 6.81. The summed E-state index contributed by atoms with van der Waals surface area (Å²) in [5.74, 6) is 0.226. The van der Waals surface area contributed by atoms with Gasteiger partial charge in [0.15, 0.2) is 0 Å². The van der Waals surface area contributed by atoms with Gasteiger partial charge in [-0.05, 0) is 19.3 Å². The molecule has 0 spiro atoms. The number of aliphatic imine (C=N–C) groups is 1. The maximum Gasteiger partial charge on any atom is 0.220 e. The van der Waals surface area contributed by atoms with Gasteiger partial charge in [-0.2, -0.15) is 0 Å². The number of hydrogen-bond donors (Lipinski definition) is 1. The minimum atomic E-state index is 0.226. The van der Waals surface area contributed by atoms with Gasteiger partial charge in [0.1, 0.15) is 6.17 Å². The zero-order chi connectivity index (χ0) is 23.1. The molecule has 1 N–H and O–H groups in total. The number of amides is 1. The third kappa shape index (κ3) is 16.7. The van der Waals surface area contributed by atoms with Crippen LogP contribution in [0, 0.1) is 0 Å². The molecule has 0 radical (unpaired) electrons. The standard InChI is InChI=1S/C28H55N3O/c1-3-5-7-9-11-13-15-17-19-21-27-29-23-25-31(27)26-24-30-28(32)22-20-18-16-14-12-10-8-6-4-2/h23,27H,3-22,24-26H2,1-2H3,(H,30,32). The SMILES string of the molecule is CCCCCCCCCCCC(=O)NCCN1CC=NC1CCCCCCCCCCC. The molecule has 188 valence electrons. The Kier molecular flexibility index (Phi) is 20.0. The van der Waals surface area contributed by atoms with Gasteiger partial charge in [-0.25, -0.2) is 0 Å². The van der Waals surface area contributed by atoms with Gasteiger partial charge in [-0.15, -0.1) is 0 Å². The van der Waals surface area contributed by atoms with Crippen LogP contribution in [-0.2, 0) is 4.79 Å². The van der Waals surface area contributed by atoms with Gasteiger partial charge >= 0.3 is 0 Å². The quantitative estimate of drug-likeness (QED) is 0.163. The van der Waals surface area contributed by atoms with Crippen molar-refractivity contribution in [3.63, 3.8) is 0 Å². The van der Waals surface area contributed by atoms with Gasteiger partial charge in [-0.3, -0.25) is 14.7 Å². The molecule has 1 aliphatic heterocycles. The maximum absolute atomic E-state index is 12.1. The number of nitrogens with zero attached hydrogens (tertiary/aromatic N) is 2. The lowest BCUT2D eigenvalue weighted by atomic mass is 10.1. The molecule has 1 heterocycles. The van der Waals surface area contributed by atoms with Crippen LogP contribution in [0.4, 0.5) is 0 Å². The molecule has 0 aliphatic carbocycles. The average Bonchev–Trinajstić information content (AvgIpc) is 3.24. The first-order chi connectivity index (χ1) is 15.8. The highest BCUT2D eigenvalue weighted by atomic mass is 16.1. The van der Waals surface area contributed by atoms with Crippen LogP contribution in [0.25, 0.3) is 0 Å². The topological polar surface area (TPSA) is 44.7 Å². The van der Waals surface area contributed by atoms with E-state index in [4.69, 9.17) is 0 Å². The van der Waals surface area contributed by atoms with Crippen molar-refractivity contribution in [1.29, 1.82) is 0 Å². The fourth-order valence-electron chi connectivity index (χ4n) is 4.65. The number of nitrogens with one attached hydrogen (secondary N) is 1. The molecule has 1 amide bonds. The van der Waals surface area contributed by atoms with Crippen molar-refractivity contribution in [3.8, 4) is 0 Å². The predicted molar refractivity (Wildman–Crippen MR) is 141 cm³/mol. The molecule has 32 heavy (non-hydrogen) atoms. The van der Waals surface area contributed by atoms with Gasteiger partial charge in [0.25, 0.3) is 0 Å². The Morgan fingerprint density at radius 3 is 1.84 bits per heavy atom. The average molecular weight is 450 g/mol. The summed E-state index contributed by atoms with van der Waals surface area (Å²) in [6.07, 6.45) is 28.3. The molecule has 1 atom stereocenters. The Morgan fingerprint density at radius 1 is 0.781 bits per heavy atom. The van der Waals surface area contributed by atoms with E-state index in [1.54, 1.807) is 0 Å². The molecule has 0 aromatic rings. The highest BCUT2D eigenvalue weighted by molar-refractivity contribution is 5.75. The molecule has 0 fully saturated rings.